The molecule has 1 aliphatic heterocycles. The smallest absolute Gasteiger partial charge is 0.263 e. The third-order valence-electron chi connectivity index (χ3n) is 4.73. The number of piperazine rings is 1. The van der Waals surface area contributed by atoms with Gasteiger partial charge < -0.3 is 19.9 Å². The van der Waals surface area contributed by atoms with Crippen LogP contribution in [0.3, 0.4) is 0 Å². The van der Waals surface area contributed by atoms with E-state index in [1.807, 2.05) is 29.2 Å². The number of carbonyl (C=O) groups is 1. The van der Waals surface area contributed by atoms with Gasteiger partial charge in [0.15, 0.2) is 11.9 Å². The fourth-order valence-corrected chi connectivity index (χ4v) is 3.08. The summed E-state index contributed by atoms with van der Waals surface area (Å²) in [7, 11) is 0. The maximum atomic E-state index is 12.7. The van der Waals surface area contributed by atoms with Crippen LogP contribution in [0.1, 0.15) is 31.1 Å². The Labute approximate surface area is 159 Å². The molecule has 2 aromatic rings. The zero-order chi connectivity index (χ0) is 19.2. The Kier molecular flexibility index (Phi) is 6.41. The van der Waals surface area contributed by atoms with Crippen LogP contribution in [-0.4, -0.2) is 58.1 Å². The molecule has 1 fully saturated rings. The fraction of sp³-hybridized carbons (Fsp3) is 0.526. The van der Waals surface area contributed by atoms with Crippen LogP contribution in [0.15, 0.2) is 28.8 Å². The van der Waals surface area contributed by atoms with Gasteiger partial charge in [0.05, 0.1) is 13.1 Å². The van der Waals surface area contributed by atoms with Gasteiger partial charge in [-0.2, -0.15) is 4.98 Å². The number of nitrogens with zero attached hydrogens (tertiary/aromatic N) is 4. The highest BCUT2D eigenvalue weighted by Crippen LogP contribution is 2.16. The number of amides is 1. The van der Waals surface area contributed by atoms with E-state index in [0.717, 1.165) is 25.3 Å². The number of nitrogens with two attached hydrogens (primary N) is 1. The monoisotopic (exact) mass is 373 g/mol. The number of hydrogen-bond donors (Lipinski definition) is 1. The second-order valence-corrected chi connectivity index (χ2v) is 6.67. The van der Waals surface area contributed by atoms with Gasteiger partial charge in [-0.05, 0) is 31.0 Å². The summed E-state index contributed by atoms with van der Waals surface area (Å²) in [6.07, 6.45) is 0.476. The Hall–Kier alpha value is -2.45. The lowest BCUT2D eigenvalue weighted by Gasteiger charge is -2.35. The van der Waals surface area contributed by atoms with Crippen LogP contribution in [0.25, 0.3) is 0 Å². The summed E-state index contributed by atoms with van der Waals surface area (Å²) in [5.74, 6) is 1.80. The Morgan fingerprint density at radius 3 is 2.56 bits per heavy atom. The minimum Gasteiger partial charge on any atom is -0.481 e. The molecule has 0 spiro atoms. The first-order valence-electron chi connectivity index (χ1n) is 9.37. The van der Waals surface area contributed by atoms with Crippen LogP contribution in [0.4, 0.5) is 0 Å². The van der Waals surface area contributed by atoms with E-state index in [-0.39, 0.29) is 12.5 Å². The van der Waals surface area contributed by atoms with Crippen molar-refractivity contribution in [3.63, 3.8) is 0 Å². The van der Waals surface area contributed by atoms with Gasteiger partial charge in [0.1, 0.15) is 5.75 Å². The van der Waals surface area contributed by atoms with E-state index in [2.05, 4.69) is 22.0 Å². The van der Waals surface area contributed by atoms with Crippen molar-refractivity contribution >= 4 is 5.91 Å². The standard InChI is InChI=1S/C19H27N5O3/c1-3-15-4-6-16(7-5-15)26-14(2)19(25)24-10-8-23(9-11-24)13-17-21-18(12-20)27-22-17/h4-7,14H,3,8-13,20H2,1-2H3. The Balaban J connectivity index is 1.46. The van der Waals surface area contributed by atoms with Crippen LogP contribution < -0.4 is 10.5 Å². The molecule has 1 unspecified atom stereocenters. The molecule has 0 bridgehead atoms. The second-order valence-electron chi connectivity index (χ2n) is 6.67. The highest BCUT2D eigenvalue weighted by atomic mass is 16.5. The minimum absolute atomic E-state index is 0.0131. The summed E-state index contributed by atoms with van der Waals surface area (Å²) < 4.78 is 10.8. The van der Waals surface area contributed by atoms with Crippen LogP contribution >= 0.6 is 0 Å². The third-order valence-corrected chi connectivity index (χ3v) is 4.73. The largest absolute Gasteiger partial charge is 0.481 e. The molecule has 1 aromatic carbocycles. The summed E-state index contributed by atoms with van der Waals surface area (Å²) in [6, 6.07) is 7.89. The molecule has 1 saturated heterocycles. The fourth-order valence-electron chi connectivity index (χ4n) is 3.08. The molecule has 0 aliphatic carbocycles. The number of rotatable bonds is 7. The van der Waals surface area contributed by atoms with Crippen LogP contribution in [0.5, 0.6) is 5.75 Å². The molecule has 0 saturated carbocycles. The van der Waals surface area contributed by atoms with E-state index in [1.54, 1.807) is 6.92 Å². The maximum absolute atomic E-state index is 12.7. The Bertz CT molecular complexity index is 738. The van der Waals surface area contributed by atoms with Gasteiger partial charge in [0.25, 0.3) is 5.91 Å². The van der Waals surface area contributed by atoms with E-state index in [4.69, 9.17) is 15.0 Å². The average Bonchev–Trinajstić information content (AvgIpc) is 3.16. The number of carbonyl (C=O) groups excluding carboxylic acids is 1. The number of aryl methyl sites for hydroxylation is 1. The second kappa shape index (κ2) is 8.96. The Morgan fingerprint density at radius 2 is 1.96 bits per heavy atom. The van der Waals surface area contributed by atoms with Crippen molar-refractivity contribution in [1.82, 2.24) is 19.9 Å². The molecule has 8 nitrogen and oxygen atoms in total. The summed E-state index contributed by atoms with van der Waals surface area (Å²) in [5.41, 5.74) is 6.73. The third kappa shape index (κ3) is 5.05. The molecular formula is C19H27N5O3. The lowest BCUT2D eigenvalue weighted by atomic mass is 10.2. The molecule has 2 heterocycles. The zero-order valence-corrected chi connectivity index (χ0v) is 15.9. The van der Waals surface area contributed by atoms with E-state index in [1.165, 1.54) is 5.56 Å². The SMILES string of the molecule is CCc1ccc(OC(C)C(=O)N2CCN(Cc3noc(CN)n3)CC2)cc1. The number of aromatic nitrogens is 2. The maximum Gasteiger partial charge on any atom is 0.263 e. The van der Waals surface area contributed by atoms with Crippen molar-refractivity contribution in [3.8, 4) is 5.75 Å². The van der Waals surface area contributed by atoms with Gasteiger partial charge in [-0.1, -0.05) is 24.2 Å². The number of benzene rings is 1. The molecular weight excluding hydrogens is 346 g/mol. The average molecular weight is 373 g/mol. The van der Waals surface area contributed by atoms with E-state index < -0.39 is 6.10 Å². The summed E-state index contributed by atoms with van der Waals surface area (Å²) >= 11 is 0. The molecule has 1 amide bonds. The number of ether oxygens (including phenoxy) is 1. The molecule has 1 aliphatic rings. The Morgan fingerprint density at radius 1 is 1.26 bits per heavy atom. The van der Waals surface area contributed by atoms with Gasteiger partial charge in [-0.15, -0.1) is 0 Å². The molecule has 2 N–H and O–H groups in total. The highest BCUT2D eigenvalue weighted by molar-refractivity contribution is 5.81. The van der Waals surface area contributed by atoms with Gasteiger partial charge in [-0.3, -0.25) is 9.69 Å². The summed E-state index contributed by atoms with van der Waals surface area (Å²) in [5, 5.41) is 3.91. The topological polar surface area (TPSA) is 97.7 Å². The molecule has 8 heteroatoms. The van der Waals surface area contributed by atoms with Crippen molar-refractivity contribution in [2.45, 2.75) is 39.5 Å². The predicted molar refractivity (Wildman–Crippen MR) is 100.0 cm³/mol. The van der Waals surface area contributed by atoms with Crippen molar-refractivity contribution in [2.24, 2.45) is 5.73 Å². The van der Waals surface area contributed by atoms with Crippen molar-refractivity contribution in [2.75, 3.05) is 26.2 Å². The first kappa shape index (κ1) is 19.3. The quantitative estimate of drug-likeness (QED) is 0.779. The normalized spacial score (nSPS) is 16.3. The van der Waals surface area contributed by atoms with Crippen molar-refractivity contribution in [3.05, 3.63) is 41.5 Å². The van der Waals surface area contributed by atoms with Gasteiger partial charge in [-0.25, -0.2) is 0 Å². The molecule has 1 atom stereocenters. The number of hydrogen-bond acceptors (Lipinski definition) is 7. The molecule has 3 rings (SSSR count). The first-order valence-corrected chi connectivity index (χ1v) is 9.37. The van der Waals surface area contributed by atoms with E-state index in [0.29, 0.717) is 31.3 Å². The van der Waals surface area contributed by atoms with Gasteiger partial charge >= 0.3 is 0 Å². The molecule has 0 radical (unpaired) electrons. The van der Waals surface area contributed by atoms with Gasteiger partial charge in [0, 0.05) is 26.2 Å². The highest BCUT2D eigenvalue weighted by Gasteiger charge is 2.26. The first-order chi connectivity index (χ1) is 13.1. The molecule has 146 valence electrons. The molecule has 27 heavy (non-hydrogen) atoms. The van der Waals surface area contributed by atoms with Crippen LogP contribution in [0, 0.1) is 0 Å². The lowest BCUT2D eigenvalue weighted by Crippen LogP contribution is -2.51. The molecule has 1 aromatic heterocycles. The summed E-state index contributed by atoms with van der Waals surface area (Å²) in [4.78, 5) is 20.9. The van der Waals surface area contributed by atoms with Gasteiger partial charge in [0.2, 0.25) is 5.89 Å². The van der Waals surface area contributed by atoms with E-state index >= 15 is 0 Å². The summed E-state index contributed by atoms with van der Waals surface area (Å²) in [6.45, 7) is 7.58. The van der Waals surface area contributed by atoms with Crippen LogP contribution in [0.2, 0.25) is 0 Å². The van der Waals surface area contributed by atoms with Crippen molar-refractivity contribution < 1.29 is 14.1 Å². The van der Waals surface area contributed by atoms with Crippen LogP contribution in [-0.2, 0) is 24.3 Å². The lowest BCUT2D eigenvalue weighted by molar-refractivity contribution is -0.139. The van der Waals surface area contributed by atoms with E-state index in [9.17, 15) is 4.79 Å². The zero-order valence-electron chi connectivity index (χ0n) is 15.9. The van der Waals surface area contributed by atoms with Crippen molar-refractivity contribution in [1.29, 1.82) is 0 Å². The predicted octanol–water partition coefficient (Wildman–Crippen LogP) is 1.20. The minimum atomic E-state index is -0.506.